The van der Waals surface area contributed by atoms with Gasteiger partial charge in [-0.15, -0.1) is 0 Å². The van der Waals surface area contributed by atoms with E-state index < -0.39 is 17.3 Å². The molecule has 3 rings (SSSR count). The first-order chi connectivity index (χ1) is 13.0. The van der Waals surface area contributed by atoms with E-state index in [2.05, 4.69) is 15.2 Å². The van der Waals surface area contributed by atoms with Crippen LogP contribution in [-0.2, 0) is 4.74 Å². The number of aromatic nitrogens is 2. The van der Waals surface area contributed by atoms with Crippen molar-refractivity contribution < 1.29 is 14.3 Å². The Morgan fingerprint density at radius 1 is 1.00 bits per heavy atom. The van der Waals surface area contributed by atoms with Crippen LogP contribution in [0, 0.1) is 6.92 Å². The third-order valence-corrected chi connectivity index (χ3v) is 3.89. The summed E-state index contributed by atoms with van der Waals surface area (Å²) in [5, 5.41) is 6.75. The van der Waals surface area contributed by atoms with Crippen LogP contribution < -0.4 is 10.7 Å². The number of methoxy groups -OCH3 is 1. The second kappa shape index (κ2) is 7.65. The van der Waals surface area contributed by atoms with Gasteiger partial charge in [0.1, 0.15) is 0 Å². The van der Waals surface area contributed by atoms with E-state index in [1.54, 1.807) is 12.1 Å². The summed E-state index contributed by atoms with van der Waals surface area (Å²) in [6.45, 7) is 1.97. The lowest BCUT2D eigenvalue weighted by molar-refractivity contribution is 0.0600. The summed E-state index contributed by atoms with van der Waals surface area (Å²) in [4.78, 5) is 36.0. The molecule has 1 amide bonds. The topological polar surface area (TPSA) is 90.3 Å². The maximum absolute atomic E-state index is 12.5. The number of anilines is 1. The molecule has 0 atom stereocenters. The average molecular weight is 363 g/mol. The quantitative estimate of drug-likeness (QED) is 0.720. The number of rotatable bonds is 4. The van der Waals surface area contributed by atoms with Gasteiger partial charge in [-0.2, -0.15) is 5.10 Å². The average Bonchev–Trinajstić information content (AvgIpc) is 2.69. The molecule has 0 bridgehead atoms. The Bertz CT molecular complexity index is 1040. The Balaban J connectivity index is 1.84. The minimum absolute atomic E-state index is 0.227. The van der Waals surface area contributed by atoms with Crippen LogP contribution >= 0.6 is 0 Å². The van der Waals surface area contributed by atoms with Crippen molar-refractivity contribution in [1.82, 2.24) is 9.78 Å². The zero-order chi connectivity index (χ0) is 19.4. The molecule has 0 unspecified atom stereocenters. The summed E-state index contributed by atoms with van der Waals surface area (Å²) < 4.78 is 6.09. The van der Waals surface area contributed by atoms with E-state index in [0.29, 0.717) is 11.3 Å². The van der Waals surface area contributed by atoms with E-state index >= 15 is 0 Å². The number of benzene rings is 2. The number of nitrogens with one attached hydrogen (secondary N) is 1. The molecule has 0 saturated heterocycles. The number of carbonyl (C=O) groups excluding carboxylic acids is 2. The van der Waals surface area contributed by atoms with Gasteiger partial charge in [-0.05, 0) is 43.3 Å². The van der Waals surface area contributed by atoms with Gasteiger partial charge in [0.2, 0.25) is 5.43 Å². The molecule has 2 aromatic carbocycles. The lowest BCUT2D eigenvalue weighted by atomic mass is 10.2. The van der Waals surface area contributed by atoms with Gasteiger partial charge in [-0.25, -0.2) is 9.48 Å². The van der Waals surface area contributed by atoms with E-state index in [-0.39, 0.29) is 5.69 Å². The van der Waals surface area contributed by atoms with Crippen molar-refractivity contribution in [3.05, 3.63) is 87.8 Å². The number of hydrogen-bond acceptors (Lipinski definition) is 5. The van der Waals surface area contributed by atoms with E-state index in [1.807, 2.05) is 31.2 Å². The van der Waals surface area contributed by atoms with Gasteiger partial charge in [0.25, 0.3) is 5.91 Å². The molecule has 0 aliphatic heterocycles. The van der Waals surface area contributed by atoms with Crippen molar-refractivity contribution in [3.63, 3.8) is 0 Å². The molecule has 1 heterocycles. The number of aryl methyl sites for hydroxylation is 1. The second-order valence-corrected chi connectivity index (χ2v) is 5.83. The molecular formula is C20H17N3O4. The molecule has 1 N–H and O–H groups in total. The van der Waals surface area contributed by atoms with E-state index in [1.165, 1.54) is 36.2 Å². The van der Waals surface area contributed by atoms with E-state index in [4.69, 9.17) is 0 Å². The molecule has 0 aliphatic carbocycles. The molecule has 27 heavy (non-hydrogen) atoms. The minimum atomic E-state index is -0.632. The van der Waals surface area contributed by atoms with Crippen molar-refractivity contribution in [2.24, 2.45) is 0 Å². The number of ether oxygens (including phenoxy) is 1. The van der Waals surface area contributed by atoms with Gasteiger partial charge in [-0.1, -0.05) is 17.7 Å². The fourth-order valence-corrected chi connectivity index (χ4v) is 2.40. The summed E-state index contributed by atoms with van der Waals surface area (Å²) in [7, 11) is 1.29. The van der Waals surface area contributed by atoms with E-state index in [0.717, 1.165) is 11.3 Å². The highest BCUT2D eigenvalue weighted by Gasteiger charge is 2.14. The number of hydrogen-bond donors (Lipinski definition) is 1. The molecule has 7 nitrogen and oxygen atoms in total. The third-order valence-electron chi connectivity index (χ3n) is 3.89. The zero-order valence-electron chi connectivity index (χ0n) is 14.8. The van der Waals surface area contributed by atoms with Gasteiger partial charge in [-0.3, -0.25) is 9.59 Å². The Morgan fingerprint density at radius 2 is 1.67 bits per heavy atom. The highest BCUT2D eigenvalue weighted by atomic mass is 16.5. The number of nitrogens with zero attached hydrogens (tertiary/aromatic N) is 2. The smallest absolute Gasteiger partial charge is 0.337 e. The molecule has 7 heteroatoms. The maximum atomic E-state index is 12.5. The normalized spacial score (nSPS) is 10.3. The van der Waals surface area contributed by atoms with Gasteiger partial charge < -0.3 is 10.1 Å². The van der Waals surface area contributed by atoms with Crippen molar-refractivity contribution >= 4 is 17.6 Å². The van der Waals surface area contributed by atoms with Crippen LogP contribution in [0.5, 0.6) is 0 Å². The number of amides is 1. The van der Waals surface area contributed by atoms with Crippen molar-refractivity contribution in [2.75, 3.05) is 12.4 Å². The Labute approximate surface area is 155 Å². The predicted molar refractivity (Wildman–Crippen MR) is 100 cm³/mol. The molecule has 0 saturated carbocycles. The number of carbonyl (C=O) groups is 2. The van der Waals surface area contributed by atoms with Crippen molar-refractivity contribution in [1.29, 1.82) is 0 Å². The summed E-state index contributed by atoms with van der Waals surface area (Å²) in [5.74, 6) is -1.11. The summed E-state index contributed by atoms with van der Waals surface area (Å²) in [6.07, 6.45) is 1.51. The number of esters is 1. The molecule has 3 aromatic rings. The van der Waals surface area contributed by atoms with Crippen LogP contribution in [0.25, 0.3) is 5.69 Å². The predicted octanol–water partition coefficient (Wildman–Crippen LogP) is 2.58. The zero-order valence-corrected chi connectivity index (χ0v) is 14.8. The Hall–Kier alpha value is -3.74. The molecule has 1 aromatic heterocycles. The molecule has 0 spiro atoms. The van der Waals surface area contributed by atoms with Crippen LogP contribution in [0.1, 0.15) is 26.4 Å². The lowest BCUT2D eigenvalue weighted by Gasteiger charge is -2.09. The molecule has 0 fully saturated rings. The molecule has 136 valence electrons. The van der Waals surface area contributed by atoms with Gasteiger partial charge in [0.15, 0.2) is 5.69 Å². The fraction of sp³-hybridized carbons (Fsp3) is 0.100. The molecule has 0 aliphatic rings. The Kier molecular flexibility index (Phi) is 5.12. The van der Waals surface area contributed by atoms with Crippen LogP contribution in [0.3, 0.4) is 0 Å². The largest absolute Gasteiger partial charge is 0.465 e. The summed E-state index contributed by atoms with van der Waals surface area (Å²) >= 11 is 0. The van der Waals surface area contributed by atoms with Gasteiger partial charge >= 0.3 is 5.97 Å². The van der Waals surface area contributed by atoms with E-state index in [9.17, 15) is 14.4 Å². The van der Waals surface area contributed by atoms with Gasteiger partial charge in [0, 0.05) is 18.0 Å². The second-order valence-electron chi connectivity index (χ2n) is 5.83. The highest BCUT2D eigenvalue weighted by Crippen LogP contribution is 2.12. The Morgan fingerprint density at radius 3 is 2.30 bits per heavy atom. The van der Waals surface area contributed by atoms with Crippen LogP contribution in [0.4, 0.5) is 5.69 Å². The minimum Gasteiger partial charge on any atom is -0.465 e. The first-order valence-electron chi connectivity index (χ1n) is 8.14. The SMILES string of the molecule is COC(=O)c1ccc(NC(=O)c2nn(-c3ccc(C)cc3)ccc2=O)cc1. The van der Waals surface area contributed by atoms with Crippen LogP contribution in [0.15, 0.2) is 65.6 Å². The lowest BCUT2D eigenvalue weighted by Crippen LogP contribution is -2.25. The maximum Gasteiger partial charge on any atom is 0.337 e. The van der Waals surface area contributed by atoms with Gasteiger partial charge in [0.05, 0.1) is 18.4 Å². The summed E-state index contributed by atoms with van der Waals surface area (Å²) in [5.41, 5.74) is 1.90. The first kappa shape index (κ1) is 18.1. The molecule has 0 radical (unpaired) electrons. The fourth-order valence-electron chi connectivity index (χ4n) is 2.40. The standard InChI is InChI=1S/C20H17N3O4/c1-13-3-9-16(10-4-13)23-12-11-17(24)18(22-23)19(25)21-15-7-5-14(6-8-15)20(26)27-2/h3-12H,1-2H3,(H,21,25). The molecular weight excluding hydrogens is 346 g/mol. The van der Waals surface area contributed by atoms with Crippen LogP contribution in [-0.4, -0.2) is 28.8 Å². The summed E-state index contributed by atoms with van der Waals surface area (Å²) in [6, 6.07) is 14.9. The van der Waals surface area contributed by atoms with Crippen molar-refractivity contribution in [3.8, 4) is 5.69 Å². The van der Waals surface area contributed by atoms with Crippen molar-refractivity contribution in [2.45, 2.75) is 6.92 Å². The van der Waals surface area contributed by atoms with Crippen LogP contribution in [0.2, 0.25) is 0 Å². The first-order valence-corrected chi connectivity index (χ1v) is 8.14. The monoisotopic (exact) mass is 363 g/mol. The third kappa shape index (κ3) is 4.09. The highest BCUT2D eigenvalue weighted by molar-refractivity contribution is 6.03.